The van der Waals surface area contributed by atoms with Gasteiger partial charge in [-0.05, 0) is 54.8 Å². The molecule has 3 aromatic rings. The van der Waals surface area contributed by atoms with E-state index in [1.165, 1.54) is 17.5 Å². The minimum Gasteiger partial charge on any atom is -0.497 e. The van der Waals surface area contributed by atoms with Gasteiger partial charge < -0.3 is 19.5 Å². The van der Waals surface area contributed by atoms with Crippen LogP contribution < -0.4 is 15.5 Å². The van der Waals surface area contributed by atoms with E-state index in [-0.39, 0.29) is 23.1 Å². The normalized spacial score (nSPS) is 15.6. The zero-order valence-corrected chi connectivity index (χ0v) is 21.0. The number of piperidine rings is 1. The first-order chi connectivity index (χ1) is 17.0. The van der Waals surface area contributed by atoms with Crippen LogP contribution in [0, 0.1) is 0 Å². The number of hydrogen-bond donors (Lipinski definition) is 1. The van der Waals surface area contributed by atoms with Crippen molar-refractivity contribution in [2.24, 2.45) is 0 Å². The quantitative estimate of drug-likeness (QED) is 0.507. The molecule has 35 heavy (non-hydrogen) atoms. The Hall–Kier alpha value is -3.39. The SMILES string of the molecule is CCC1CCCCN1C(=O)c1cn(Cc2cccc(OC)c2)cc(C(=O)NCc2cccs2)c1=O. The average Bonchev–Trinajstić information content (AvgIpc) is 3.41. The van der Waals surface area contributed by atoms with Crippen LogP contribution in [0.3, 0.4) is 0 Å². The molecule has 1 N–H and O–H groups in total. The highest BCUT2D eigenvalue weighted by atomic mass is 32.1. The average molecular weight is 494 g/mol. The lowest BCUT2D eigenvalue weighted by atomic mass is 9.98. The number of hydrogen-bond acceptors (Lipinski definition) is 5. The maximum atomic E-state index is 13.6. The topological polar surface area (TPSA) is 80.6 Å². The molecule has 3 heterocycles. The summed E-state index contributed by atoms with van der Waals surface area (Å²) in [6, 6.07) is 11.5. The number of thiophene rings is 1. The number of benzene rings is 1. The molecule has 184 valence electrons. The van der Waals surface area contributed by atoms with Crippen molar-refractivity contribution in [1.82, 2.24) is 14.8 Å². The molecule has 2 aromatic heterocycles. The van der Waals surface area contributed by atoms with E-state index in [4.69, 9.17) is 4.74 Å². The van der Waals surface area contributed by atoms with E-state index in [1.807, 2.05) is 46.7 Å². The summed E-state index contributed by atoms with van der Waals surface area (Å²) < 4.78 is 7.07. The van der Waals surface area contributed by atoms with E-state index in [0.717, 1.165) is 36.1 Å². The van der Waals surface area contributed by atoms with Gasteiger partial charge in [-0.15, -0.1) is 11.3 Å². The number of methoxy groups -OCH3 is 1. The first kappa shape index (κ1) is 24.7. The van der Waals surface area contributed by atoms with Crippen molar-refractivity contribution in [3.05, 3.63) is 86.0 Å². The van der Waals surface area contributed by atoms with Gasteiger partial charge in [0, 0.05) is 36.4 Å². The number of nitrogens with zero attached hydrogens (tertiary/aromatic N) is 2. The van der Waals surface area contributed by atoms with E-state index in [2.05, 4.69) is 12.2 Å². The fourth-order valence-corrected chi connectivity index (χ4v) is 5.19. The van der Waals surface area contributed by atoms with Gasteiger partial charge in [-0.1, -0.05) is 25.1 Å². The molecule has 4 rings (SSSR count). The van der Waals surface area contributed by atoms with E-state index < -0.39 is 11.3 Å². The Morgan fingerprint density at radius 3 is 2.71 bits per heavy atom. The van der Waals surface area contributed by atoms with Crippen LogP contribution in [0.5, 0.6) is 5.75 Å². The van der Waals surface area contributed by atoms with Crippen LogP contribution in [-0.2, 0) is 13.1 Å². The number of amides is 2. The fraction of sp³-hybridized carbons (Fsp3) is 0.370. The van der Waals surface area contributed by atoms with Crippen molar-refractivity contribution in [2.45, 2.75) is 51.7 Å². The summed E-state index contributed by atoms with van der Waals surface area (Å²) in [5.74, 6) is -0.0650. The summed E-state index contributed by atoms with van der Waals surface area (Å²) in [4.78, 5) is 42.9. The van der Waals surface area contributed by atoms with Crippen LogP contribution in [0.1, 0.15) is 63.8 Å². The molecule has 2 amide bonds. The van der Waals surface area contributed by atoms with E-state index >= 15 is 0 Å². The minimum atomic E-state index is -0.527. The van der Waals surface area contributed by atoms with Crippen molar-refractivity contribution in [2.75, 3.05) is 13.7 Å². The second-order valence-corrected chi connectivity index (χ2v) is 9.79. The number of carbonyl (C=O) groups is 2. The molecule has 1 unspecified atom stereocenters. The third kappa shape index (κ3) is 5.82. The molecule has 1 aliphatic heterocycles. The Morgan fingerprint density at radius 1 is 1.14 bits per heavy atom. The van der Waals surface area contributed by atoms with Gasteiger partial charge in [0.25, 0.3) is 11.8 Å². The smallest absolute Gasteiger partial charge is 0.259 e. The summed E-state index contributed by atoms with van der Waals surface area (Å²) >= 11 is 1.53. The molecule has 0 spiro atoms. The number of likely N-dealkylation sites (tertiary alicyclic amines) is 1. The molecule has 1 atom stereocenters. The molecule has 0 radical (unpaired) electrons. The number of carbonyl (C=O) groups excluding carboxylic acids is 2. The Labute approximate surface area is 209 Å². The first-order valence-corrected chi connectivity index (χ1v) is 12.9. The third-order valence-corrected chi connectivity index (χ3v) is 7.29. The van der Waals surface area contributed by atoms with Crippen molar-refractivity contribution < 1.29 is 14.3 Å². The molecule has 0 saturated carbocycles. The maximum absolute atomic E-state index is 13.6. The predicted molar refractivity (Wildman–Crippen MR) is 137 cm³/mol. The van der Waals surface area contributed by atoms with Crippen molar-refractivity contribution in [3.8, 4) is 5.75 Å². The lowest BCUT2D eigenvalue weighted by Gasteiger charge is -2.35. The second-order valence-electron chi connectivity index (χ2n) is 8.76. The highest BCUT2D eigenvalue weighted by Gasteiger charge is 2.29. The van der Waals surface area contributed by atoms with E-state index in [0.29, 0.717) is 25.4 Å². The number of ether oxygens (including phenoxy) is 1. The molecule has 1 aromatic carbocycles. The van der Waals surface area contributed by atoms with Crippen LogP contribution in [0.4, 0.5) is 0 Å². The van der Waals surface area contributed by atoms with Gasteiger partial charge >= 0.3 is 0 Å². The Balaban J connectivity index is 1.69. The van der Waals surface area contributed by atoms with Crippen LogP contribution in [-0.4, -0.2) is 41.0 Å². The van der Waals surface area contributed by atoms with E-state index in [9.17, 15) is 14.4 Å². The fourth-order valence-electron chi connectivity index (χ4n) is 4.54. The zero-order chi connectivity index (χ0) is 24.8. The molecular weight excluding hydrogens is 462 g/mol. The number of rotatable bonds is 8. The van der Waals surface area contributed by atoms with Gasteiger partial charge in [0.15, 0.2) is 0 Å². The van der Waals surface area contributed by atoms with Gasteiger partial charge in [0.1, 0.15) is 16.9 Å². The second kappa shape index (κ2) is 11.4. The van der Waals surface area contributed by atoms with Crippen LogP contribution in [0.25, 0.3) is 0 Å². The first-order valence-electron chi connectivity index (χ1n) is 12.0. The number of pyridine rings is 1. The molecule has 0 aliphatic carbocycles. The largest absolute Gasteiger partial charge is 0.497 e. The summed E-state index contributed by atoms with van der Waals surface area (Å²) in [6.07, 6.45) is 6.89. The summed E-state index contributed by atoms with van der Waals surface area (Å²) in [5.41, 5.74) is 0.416. The summed E-state index contributed by atoms with van der Waals surface area (Å²) in [6.45, 7) is 3.40. The molecule has 7 nitrogen and oxygen atoms in total. The van der Waals surface area contributed by atoms with Crippen LogP contribution in [0.15, 0.2) is 59.0 Å². The Bertz CT molecular complexity index is 1240. The summed E-state index contributed by atoms with van der Waals surface area (Å²) in [7, 11) is 1.61. The third-order valence-electron chi connectivity index (χ3n) is 6.42. The molecular formula is C27H31N3O4S. The molecule has 1 saturated heterocycles. The van der Waals surface area contributed by atoms with Gasteiger partial charge in [-0.2, -0.15) is 0 Å². The number of nitrogens with one attached hydrogen (secondary N) is 1. The maximum Gasteiger partial charge on any atom is 0.259 e. The van der Waals surface area contributed by atoms with Crippen LogP contribution >= 0.6 is 11.3 Å². The van der Waals surface area contributed by atoms with Crippen molar-refractivity contribution in [3.63, 3.8) is 0 Å². The van der Waals surface area contributed by atoms with E-state index in [1.54, 1.807) is 17.9 Å². The molecule has 1 aliphatic rings. The lowest BCUT2D eigenvalue weighted by molar-refractivity contribution is 0.0605. The van der Waals surface area contributed by atoms with Crippen molar-refractivity contribution in [1.29, 1.82) is 0 Å². The van der Waals surface area contributed by atoms with Gasteiger partial charge in [0.2, 0.25) is 5.43 Å². The number of aromatic nitrogens is 1. The standard InChI is InChI=1S/C27H31N3O4S/c1-3-20-9-4-5-12-30(20)27(33)24-18-29(16-19-8-6-10-21(14-19)34-2)17-23(25(24)31)26(32)28-15-22-11-7-13-35-22/h6-8,10-11,13-14,17-18,20H,3-5,9,12,15-16H2,1-2H3,(H,28,32). The summed E-state index contributed by atoms with van der Waals surface area (Å²) in [5, 5.41) is 4.77. The van der Waals surface area contributed by atoms with Crippen LogP contribution in [0.2, 0.25) is 0 Å². The monoisotopic (exact) mass is 493 g/mol. The lowest BCUT2D eigenvalue weighted by Crippen LogP contribution is -2.45. The van der Waals surface area contributed by atoms with Crippen molar-refractivity contribution >= 4 is 23.2 Å². The molecule has 0 bridgehead atoms. The van der Waals surface area contributed by atoms with Gasteiger partial charge in [-0.3, -0.25) is 14.4 Å². The highest BCUT2D eigenvalue weighted by molar-refractivity contribution is 7.09. The minimum absolute atomic E-state index is 0.0274. The van der Waals surface area contributed by atoms with Gasteiger partial charge in [-0.25, -0.2) is 0 Å². The Morgan fingerprint density at radius 2 is 1.97 bits per heavy atom. The molecule has 8 heteroatoms. The predicted octanol–water partition coefficient (Wildman–Crippen LogP) is 4.30. The Kier molecular flexibility index (Phi) is 8.02. The zero-order valence-electron chi connectivity index (χ0n) is 20.2. The molecule has 1 fully saturated rings. The highest BCUT2D eigenvalue weighted by Crippen LogP contribution is 2.22. The van der Waals surface area contributed by atoms with Gasteiger partial charge in [0.05, 0.1) is 13.7 Å².